The Morgan fingerprint density at radius 3 is 2.43 bits per heavy atom. The number of primary sulfonamides is 1. The van der Waals surface area contributed by atoms with Gasteiger partial charge in [0.25, 0.3) is 0 Å². The van der Waals surface area contributed by atoms with Crippen LogP contribution in [0.25, 0.3) is 0 Å². The first-order valence-electron chi connectivity index (χ1n) is 6.64. The molecule has 0 bridgehead atoms. The number of sulfonamides is 1. The molecule has 7 heteroatoms. The molecule has 1 aromatic rings. The smallest absolute Gasteiger partial charge is 0.318 e. The lowest BCUT2D eigenvalue weighted by atomic mass is 10.1. The van der Waals surface area contributed by atoms with E-state index in [1.165, 1.54) is 12.1 Å². The second kappa shape index (κ2) is 7.80. The Balaban J connectivity index is 2.41. The fraction of sp³-hybridized carbons (Fsp3) is 0.357. The fourth-order valence-electron chi connectivity index (χ4n) is 1.51. The van der Waals surface area contributed by atoms with Gasteiger partial charge in [0.05, 0.1) is 4.90 Å². The van der Waals surface area contributed by atoms with Crippen molar-refractivity contribution >= 4 is 16.1 Å². The van der Waals surface area contributed by atoms with Crippen LogP contribution in [0.5, 0.6) is 0 Å². The summed E-state index contributed by atoms with van der Waals surface area (Å²) in [7, 11) is -3.66. The number of urea groups is 1. The molecule has 0 unspecified atom stereocenters. The number of nitrogens with two attached hydrogens (primary N) is 1. The molecule has 1 rings (SSSR count). The third kappa shape index (κ3) is 6.42. The van der Waals surface area contributed by atoms with Crippen LogP contribution in [0.1, 0.15) is 25.8 Å². The van der Waals surface area contributed by atoms with Gasteiger partial charge in [-0.05, 0) is 37.5 Å². The van der Waals surface area contributed by atoms with Gasteiger partial charge in [-0.1, -0.05) is 24.6 Å². The predicted octanol–water partition coefficient (Wildman–Crippen LogP) is 1.49. The normalized spacial score (nSPS) is 12.0. The molecule has 1 aromatic carbocycles. The van der Waals surface area contributed by atoms with Gasteiger partial charge in [0.2, 0.25) is 10.0 Å². The summed E-state index contributed by atoms with van der Waals surface area (Å²) in [5, 5.41) is 10.4. The van der Waals surface area contributed by atoms with Crippen LogP contribution < -0.4 is 15.8 Å². The first-order chi connectivity index (χ1) is 9.82. The van der Waals surface area contributed by atoms with E-state index in [1.54, 1.807) is 18.3 Å². The second-order valence-electron chi connectivity index (χ2n) is 4.68. The Morgan fingerprint density at radius 1 is 1.29 bits per heavy atom. The van der Waals surface area contributed by atoms with Gasteiger partial charge in [0.1, 0.15) is 0 Å². The minimum atomic E-state index is -3.66. The summed E-state index contributed by atoms with van der Waals surface area (Å²) in [6.07, 6.45) is 3.17. The number of hydrogen-bond acceptors (Lipinski definition) is 3. The number of hydrogen-bond donors (Lipinski definition) is 3. The number of amides is 2. The second-order valence-corrected chi connectivity index (χ2v) is 6.24. The predicted molar refractivity (Wildman–Crippen MR) is 82.1 cm³/mol. The number of rotatable bonds is 6. The molecular formula is C14H21N3O3S. The summed E-state index contributed by atoms with van der Waals surface area (Å²) in [4.78, 5) is 11.6. The van der Waals surface area contributed by atoms with Gasteiger partial charge >= 0.3 is 6.03 Å². The molecule has 2 amide bonds. The van der Waals surface area contributed by atoms with Crippen LogP contribution >= 0.6 is 0 Å². The van der Waals surface area contributed by atoms with Gasteiger partial charge in [0.15, 0.2) is 0 Å². The monoisotopic (exact) mass is 311 g/mol. The quantitative estimate of drug-likeness (QED) is 0.741. The largest absolute Gasteiger partial charge is 0.338 e. The Labute approximate surface area is 125 Å². The third-order valence-corrected chi connectivity index (χ3v) is 3.89. The molecule has 0 radical (unpaired) electrons. The summed E-state index contributed by atoms with van der Waals surface area (Å²) >= 11 is 0. The highest BCUT2D eigenvalue weighted by Gasteiger charge is 2.06. The first kappa shape index (κ1) is 17.2. The van der Waals surface area contributed by atoms with Gasteiger partial charge in [-0.3, -0.25) is 0 Å². The highest BCUT2D eigenvalue weighted by Crippen LogP contribution is 2.08. The zero-order valence-corrected chi connectivity index (χ0v) is 13.0. The number of nitrogens with one attached hydrogen (secondary N) is 2. The van der Waals surface area contributed by atoms with E-state index in [0.29, 0.717) is 13.0 Å². The van der Waals surface area contributed by atoms with E-state index in [-0.39, 0.29) is 10.9 Å². The van der Waals surface area contributed by atoms with Crippen molar-refractivity contribution in [1.29, 1.82) is 0 Å². The number of carbonyl (C=O) groups is 1. The van der Waals surface area contributed by atoms with Gasteiger partial charge in [-0.15, -0.1) is 0 Å². The summed E-state index contributed by atoms with van der Waals surface area (Å²) in [6.45, 7) is 4.41. The average Bonchev–Trinajstić information content (AvgIpc) is 2.44. The lowest BCUT2D eigenvalue weighted by Gasteiger charge is -2.06. The number of benzene rings is 1. The minimum Gasteiger partial charge on any atom is -0.338 e. The summed E-state index contributed by atoms with van der Waals surface area (Å²) in [5.41, 5.74) is 2.01. The van der Waals surface area contributed by atoms with Crippen molar-refractivity contribution in [3.63, 3.8) is 0 Å². The van der Waals surface area contributed by atoms with Gasteiger partial charge in [-0.2, -0.15) is 0 Å². The van der Waals surface area contributed by atoms with Gasteiger partial charge in [-0.25, -0.2) is 18.4 Å². The summed E-state index contributed by atoms with van der Waals surface area (Å²) in [5.74, 6) is 0. The Morgan fingerprint density at radius 2 is 1.90 bits per heavy atom. The Hall–Kier alpha value is -1.86. The van der Waals surface area contributed by atoms with E-state index in [9.17, 15) is 13.2 Å². The zero-order chi connectivity index (χ0) is 15.9. The average molecular weight is 311 g/mol. The molecule has 4 N–H and O–H groups in total. The molecule has 116 valence electrons. The van der Waals surface area contributed by atoms with E-state index in [4.69, 9.17) is 5.14 Å². The summed E-state index contributed by atoms with van der Waals surface area (Å²) in [6, 6.07) is 6.01. The van der Waals surface area contributed by atoms with Crippen molar-refractivity contribution in [3.05, 3.63) is 41.6 Å². The standard InChI is InChI=1S/C14H21N3O3S/c1-3-11(2)10-17-14(18)16-9-8-12-4-6-13(7-5-12)21(15,19)20/h4-7,10H,3,8-9H2,1-2H3,(H2,15,19,20)(H2,16,17,18)/b11-10+. The van der Waals surface area contributed by atoms with Crippen molar-refractivity contribution < 1.29 is 13.2 Å². The molecule has 0 saturated carbocycles. The molecule has 0 aliphatic carbocycles. The van der Waals surface area contributed by atoms with E-state index >= 15 is 0 Å². The van der Waals surface area contributed by atoms with E-state index < -0.39 is 10.0 Å². The Bertz CT molecular complexity index is 607. The van der Waals surface area contributed by atoms with Crippen molar-refractivity contribution in [2.24, 2.45) is 5.14 Å². The van der Waals surface area contributed by atoms with Crippen LogP contribution in [0.2, 0.25) is 0 Å². The highest BCUT2D eigenvalue weighted by atomic mass is 32.2. The van der Waals surface area contributed by atoms with Crippen LogP contribution in [0.15, 0.2) is 40.9 Å². The van der Waals surface area contributed by atoms with E-state index in [2.05, 4.69) is 10.6 Å². The Kier molecular flexibility index (Phi) is 6.39. The van der Waals surface area contributed by atoms with E-state index in [1.807, 2.05) is 13.8 Å². The molecule has 0 atom stereocenters. The van der Waals surface area contributed by atoms with Crippen LogP contribution in [-0.2, 0) is 16.4 Å². The van der Waals surface area contributed by atoms with Crippen LogP contribution in [-0.4, -0.2) is 21.0 Å². The highest BCUT2D eigenvalue weighted by molar-refractivity contribution is 7.89. The molecule has 0 aliphatic rings. The molecule has 0 fully saturated rings. The zero-order valence-electron chi connectivity index (χ0n) is 12.2. The molecule has 0 spiro atoms. The lowest BCUT2D eigenvalue weighted by Crippen LogP contribution is -2.33. The topological polar surface area (TPSA) is 101 Å². The number of allylic oxidation sites excluding steroid dienone is 1. The van der Waals surface area contributed by atoms with Crippen molar-refractivity contribution in [1.82, 2.24) is 10.6 Å². The van der Waals surface area contributed by atoms with Crippen LogP contribution in [0.4, 0.5) is 4.79 Å². The maximum Gasteiger partial charge on any atom is 0.318 e. The fourth-order valence-corrected chi connectivity index (χ4v) is 2.02. The molecule has 21 heavy (non-hydrogen) atoms. The third-order valence-electron chi connectivity index (χ3n) is 2.96. The maximum atomic E-state index is 11.5. The van der Waals surface area contributed by atoms with Gasteiger partial charge in [0, 0.05) is 12.7 Å². The van der Waals surface area contributed by atoms with Crippen molar-refractivity contribution in [3.8, 4) is 0 Å². The first-order valence-corrected chi connectivity index (χ1v) is 8.19. The van der Waals surface area contributed by atoms with Crippen LogP contribution in [0.3, 0.4) is 0 Å². The van der Waals surface area contributed by atoms with Crippen molar-refractivity contribution in [2.45, 2.75) is 31.6 Å². The SMILES string of the molecule is CC/C(C)=C/NC(=O)NCCc1ccc(S(N)(=O)=O)cc1. The molecule has 0 aromatic heterocycles. The van der Waals surface area contributed by atoms with E-state index in [0.717, 1.165) is 17.6 Å². The molecule has 0 saturated heterocycles. The van der Waals surface area contributed by atoms with Crippen molar-refractivity contribution in [2.75, 3.05) is 6.54 Å². The van der Waals surface area contributed by atoms with Crippen LogP contribution in [0, 0.1) is 0 Å². The summed E-state index contributed by atoms with van der Waals surface area (Å²) < 4.78 is 22.2. The molecule has 6 nitrogen and oxygen atoms in total. The molecule has 0 heterocycles. The molecule has 0 aliphatic heterocycles. The van der Waals surface area contributed by atoms with Gasteiger partial charge < -0.3 is 10.6 Å². The number of carbonyl (C=O) groups excluding carboxylic acids is 1. The molecular weight excluding hydrogens is 290 g/mol. The minimum absolute atomic E-state index is 0.0807. The lowest BCUT2D eigenvalue weighted by molar-refractivity contribution is 0.244. The maximum absolute atomic E-state index is 11.5.